The number of aromatic nitrogens is 1. The molecule has 2 N–H and O–H groups in total. The van der Waals surface area contributed by atoms with Crippen LogP contribution in [0.4, 0.5) is 0 Å². The number of sulfonamides is 1. The van der Waals surface area contributed by atoms with Crippen molar-refractivity contribution < 1.29 is 8.42 Å². The SMILES string of the molecule is CNCc1cc(S(=O)(=O)NCCc2ccccn2)cs1. The van der Waals surface area contributed by atoms with Gasteiger partial charge in [-0.3, -0.25) is 4.98 Å². The van der Waals surface area contributed by atoms with Crippen LogP contribution in [0.1, 0.15) is 10.6 Å². The van der Waals surface area contributed by atoms with Gasteiger partial charge in [-0.05, 0) is 25.2 Å². The Morgan fingerprint density at radius 3 is 2.90 bits per heavy atom. The summed E-state index contributed by atoms with van der Waals surface area (Å²) in [5.74, 6) is 0. The average molecular weight is 311 g/mol. The highest BCUT2D eigenvalue weighted by Gasteiger charge is 2.15. The molecule has 0 aliphatic rings. The molecule has 2 aromatic rings. The van der Waals surface area contributed by atoms with Crippen LogP contribution in [0.25, 0.3) is 0 Å². The molecule has 0 bridgehead atoms. The molecule has 0 atom stereocenters. The number of pyridine rings is 1. The fourth-order valence-corrected chi connectivity index (χ4v) is 4.03. The molecule has 0 aromatic carbocycles. The van der Waals surface area contributed by atoms with Gasteiger partial charge in [-0.1, -0.05) is 6.07 Å². The maximum Gasteiger partial charge on any atom is 0.241 e. The molecule has 108 valence electrons. The van der Waals surface area contributed by atoms with Crippen molar-refractivity contribution >= 4 is 21.4 Å². The minimum atomic E-state index is -3.42. The highest BCUT2D eigenvalue weighted by Crippen LogP contribution is 2.18. The lowest BCUT2D eigenvalue weighted by atomic mass is 10.3. The van der Waals surface area contributed by atoms with Gasteiger partial charge in [0, 0.05) is 41.7 Å². The smallest absolute Gasteiger partial charge is 0.241 e. The predicted molar refractivity (Wildman–Crippen MR) is 80.2 cm³/mol. The second kappa shape index (κ2) is 6.94. The highest BCUT2D eigenvalue weighted by molar-refractivity contribution is 7.89. The van der Waals surface area contributed by atoms with Crippen LogP contribution in [0.3, 0.4) is 0 Å². The summed E-state index contributed by atoms with van der Waals surface area (Å²) in [7, 11) is -1.59. The van der Waals surface area contributed by atoms with Crippen LogP contribution in [0, 0.1) is 0 Å². The maximum absolute atomic E-state index is 12.1. The number of hydrogen-bond donors (Lipinski definition) is 2. The lowest BCUT2D eigenvalue weighted by molar-refractivity contribution is 0.581. The molecule has 0 saturated heterocycles. The third kappa shape index (κ3) is 4.11. The van der Waals surface area contributed by atoms with E-state index in [0.29, 0.717) is 24.4 Å². The Labute approximate surface area is 123 Å². The summed E-state index contributed by atoms with van der Waals surface area (Å²) in [6, 6.07) is 7.30. The van der Waals surface area contributed by atoms with E-state index in [4.69, 9.17) is 0 Å². The minimum absolute atomic E-state index is 0.328. The summed E-state index contributed by atoms with van der Waals surface area (Å²) in [6.07, 6.45) is 2.28. The van der Waals surface area contributed by atoms with Crippen LogP contribution in [-0.4, -0.2) is 27.0 Å². The summed E-state index contributed by atoms with van der Waals surface area (Å²) in [4.78, 5) is 5.48. The van der Waals surface area contributed by atoms with E-state index in [1.54, 1.807) is 17.6 Å². The van der Waals surface area contributed by atoms with E-state index in [1.165, 1.54) is 11.3 Å². The molecule has 0 fully saturated rings. The third-order valence-electron chi connectivity index (χ3n) is 2.69. The van der Waals surface area contributed by atoms with Crippen LogP contribution >= 0.6 is 11.3 Å². The zero-order chi connectivity index (χ0) is 14.4. The van der Waals surface area contributed by atoms with Gasteiger partial charge in [-0.2, -0.15) is 0 Å². The zero-order valence-electron chi connectivity index (χ0n) is 11.2. The Morgan fingerprint density at radius 1 is 1.35 bits per heavy atom. The Morgan fingerprint density at radius 2 is 2.20 bits per heavy atom. The van der Waals surface area contributed by atoms with Gasteiger partial charge < -0.3 is 5.32 Å². The molecule has 0 amide bonds. The number of hydrogen-bond acceptors (Lipinski definition) is 5. The van der Waals surface area contributed by atoms with E-state index in [0.717, 1.165) is 10.6 Å². The molecule has 0 radical (unpaired) electrons. The summed E-state index contributed by atoms with van der Waals surface area (Å²) >= 11 is 1.44. The molecule has 0 aliphatic carbocycles. The second-order valence-corrected chi connectivity index (χ2v) is 7.01. The average Bonchev–Trinajstić information content (AvgIpc) is 2.90. The van der Waals surface area contributed by atoms with Crippen molar-refractivity contribution in [1.82, 2.24) is 15.0 Å². The van der Waals surface area contributed by atoms with Crippen molar-refractivity contribution in [2.75, 3.05) is 13.6 Å². The second-order valence-electron chi connectivity index (χ2n) is 4.25. The lowest BCUT2D eigenvalue weighted by Crippen LogP contribution is -2.25. The largest absolute Gasteiger partial charge is 0.315 e. The molecule has 0 unspecified atom stereocenters. The van der Waals surface area contributed by atoms with E-state index in [1.807, 2.05) is 25.2 Å². The van der Waals surface area contributed by atoms with E-state index in [2.05, 4.69) is 15.0 Å². The van der Waals surface area contributed by atoms with Gasteiger partial charge >= 0.3 is 0 Å². The van der Waals surface area contributed by atoms with Gasteiger partial charge in [0.15, 0.2) is 0 Å². The van der Waals surface area contributed by atoms with Gasteiger partial charge in [-0.25, -0.2) is 13.1 Å². The molecular weight excluding hydrogens is 294 g/mol. The van der Waals surface area contributed by atoms with Crippen molar-refractivity contribution in [3.8, 4) is 0 Å². The van der Waals surface area contributed by atoms with Crippen molar-refractivity contribution in [1.29, 1.82) is 0 Å². The van der Waals surface area contributed by atoms with Crippen LogP contribution in [0.5, 0.6) is 0 Å². The van der Waals surface area contributed by atoms with Gasteiger partial charge in [0.1, 0.15) is 0 Å². The van der Waals surface area contributed by atoms with Crippen LogP contribution in [0.2, 0.25) is 0 Å². The van der Waals surface area contributed by atoms with Crippen LogP contribution in [-0.2, 0) is 23.0 Å². The van der Waals surface area contributed by atoms with Crippen LogP contribution < -0.4 is 10.0 Å². The summed E-state index contributed by atoms with van der Waals surface area (Å²) in [5, 5.41) is 4.66. The van der Waals surface area contributed by atoms with E-state index < -0.39 is 10.0 Å². The monoisotopic (exact) mass is 311 g/mol. The Bertz CT molecular complexity index is 639. The molecular formula is C13H17N3O2S2. The Balaban J connectivity index is 1.93. The molecule has 0 saturated carbocycles. The topological polar surface area (TPSA) is 71.1 Å². The fraction of sp³-hybridized carbons (Fsp3) is 0.308. The molecule has 5 nitrogen and oxygen atoms in total. The maximum atomic E-state index is 12.1. The lowest BCUT2D eigenvalue weighted by Gasteiger charge is -2.04. The van der Waals surface area contributed by atoms with Crippen molar-refractivity contribution in [2.45, 2.75) is 17.9 Å². The number of thiophene rings is 1. The molecule has 2 rings (SSSR count). The standard InChI is InChI=1S/C13H17N3O2S2/c1-14-9-12-8-13(10-19-12)20(17,18)16-7-5-11-4-2-3-6-15-11/h2-4,6,8,10,14,16H,5,7,9H2,1H3. The van der Waals surface area contributed by atoms with E-state index >= 15 is 0 Å². The van der Waals surface area contributed by atoms with Crippen molar-refractivity contribution in [2.24, 2.45) is 0 Å². The summed E-state index contributed by atoms with van der Waals surface area (Å²) in [5.41, 5.74) is 0.872. The van der Waals surface area contributed by atoms with E-state index in [9.17, 15) is 8.42 Å². The van der Waals surface area contributed by atoms with Crippen molar-refractivity contribution in [3.63, 3.8) is 0 Å². The van der Waals surface area contributed by atoms with Crippen LogP contribution in [0.15, 0.2) is 40.7 Å². The van der Waals surface area contributed by atoms with Gasteiger partial charge in [-0.15, -0.1) is 11.3 Å². The molecule has 0 spiro atoms. The third-order valence-corrected chi connectivity index (χ3v) is 5.22. The number of nitrogens with one attached hydrogen (secondary N) is 2. The first-order chi connectivity index (χ1) is 9.62. The Hall–Kier alpha value is -1.28. The highest BCUT2D eigenvalue weighted by atomic mass is 32.2. The molecule has 20 heavy (non-hydrogen) atoms. The molecule has 2 aromatic heterocycles. The number of rotatable bonds is 7. The van der Waals surface area contributed by atoms with Gasteiger partial charge in [0.05, 0.1) is 4.90 Å². The predicted octanol–water partition coefficient (Wildman–Crippen LogP) is 1.38. The quantitative estimate of drug-likeness (QED) is 0.810. The van der Waals surface area contributed by atoms with Gasteiger partial charge in [0.2, 0.25) is 10.0 Å². The number of nitrogens with zero attached hydrogens (tertiary/aromatic N) is 1. The first kappa shape index (κ1) is 15.1. The normalized spacial score (nSPS) is 11.7. The summed E-state index contributed by atoms with van der Waals surface area (Å²) < 4.78 is 26.8. The summed E-state index contributed by atoms with van der Waals surface area (Å²) in [6.45, 7) is 1.02. The zero-order valence-corrected chi connectivity index (χ0v) is 12.8. The first-order valence-electron chi connectivity index (χ1n) is 6.23. The van der Waals surface area contributed by atoms with E-state index in [-0.39, 0.29) is 0 Å². The Kier molecular flexibility index (Phi) is 5.24. The van der Waals surface area contributed by atoms with Crippen molar-refractivity contribution in [3.05, 3.63) is 46.4 Å². The first-order valence-corrected chi connectivity index (χ1v) is 8.59. The minimum Gasteiger partial charge on any atom is -0.315 e. The fourth-order valence-electron chi connectivity index (χ4n) is 1.71. The molecule has 7 heteroatoms. The molecule has 0 aliphatic heterocycles. The molecule has 2 heterocycles. The van der Waals surface area contributed by atoms with Gasteiger partial charge in [0.25, 0.3) is 0 Å².